The van der Waals surface area contributed by atoms with Crippen LogP contribution >= 0.6 is 23.2 Å². The van der Waals surface area contributed by atoms with Crippen molar-refractivity contribution < 1.29 is 17.9 Å². The maximum atomic E-state index is 13.6. The van der Waals surface area contributed by atoms with Crippen molar-refractivity contribution in [3.05, 3.63) is 52.3 Å². The minimum absolute atomic E-state index is 0.141. The summed E-state index contributed by atoms with van der Waals surface area (Å²) in [5.41, 5.74) is 0.503. The minimum atomic E-state index is -3.12. The fourth-order valence-electron chi connectivity index (χ4n) is 1.64. The summed E-state index contributed by atoms with van der Waals surface area (Å²) >= 11 is 11.7. The lowest BCUT2D eigenvalue weighted by atomic mass is 10.0. The van der Waals surface area contributed by atoms with E-state index < -0.39 is 18.2 Å². The van der Waals surface area contributed by atoms with Gasteiger partial charge in [0.15, 0.2) is 11.6 Å². The Balaban J connectivity index is 2.58. The molecular formula is C13H7Cl2F3O. The number of hydrogen-bond acceptors (Lipinski definition) is 1. The molecule has 0 fully saturated rings. The van der Waals surface area contributed by atoms with Crippen LogP contribution in [-0.4, -0.2) is 6.61 Å². The highest BCUT2D eigenvalue weighted by atomic mass is 35.5. The molecule has 2 rings (SSSR count). The van der Waals surface area contributed by atoms with Crippen LogP contribution in [-0.2, 0) is 0 Å². The maximum absolute atomic E-state index is 13.6. The number of ether oxygens (including phenoxy) is 1. The fraction of sp³-hybridized carbons (Fsp3) is 0.0769. The molecule has 0 saturated carbocycles. The van der Waals surface area contributed by atoms with Gasteiger partial charge in [-0.1, -0.05) is 41.4 Å². The maximum Gasteiger partial charge on any atom is 0.387 e. The highest BCUT2D eigenvalue weighted by Gasteiger charge is 2.17. The van der Waals surface area contributed by atoms with Crippen molar-refractivity contribution >= 4 is 23.2 Å². The highest BCUT2D eigenvalue weighted by Crippen LogP contribution is 2.38. The first kappa shape index (κ1) is 14.0. The zero-order valence-corrected chi connectivity index (χ0v) is 10.9. The van der Waals surface area contributed by atoms with Crippen molar-refractivity contribution in [3.63, 3.8) is 0 Å². The quantitative estimate of drug-likeness (QED) is 0.737. The molecule has 0 saturated heterocycles. The number of para-hydroxylation sites is 1. The van der Waals surface area contributed by atoms with Gasteiger partial charge < -0.3 is 4.74 Å². The van der Waals surface area contributed by atoms with Crippen LogP contribution in [0.3, 0.4) is 0 Å². The normalized spacial score (nSPS) is 10.8. The summed E-state index contributed by atoms with van der Waals surface area (Å²) in [7, 11) is 0. The molecule has 0 bridgehead atoms. The van der Waals surface area contributed by atoms with E-state index in [1.165, 1.54) is 30.3 Å². The van der Waals surface area contributed by atoms with Gasteiger partial charge in [-0.05, 0) is 18.2 Å². The van der Waals surface area contributed by atoms with Crippen molar-refractivity contribution in [2.24, 2.45) is 0 Å². The van der Waals surface area contributed by atoms with Crippen LogP contribution in [0.1, 0.15) is 0 Å². The van der Waals surface area contributed by atoms with Gasteiger partial charge in [0.25, 0.3) is 0 Å². The fourth-order valence-corrected chi connectivity index (χ4v) is 2.15. The van der Waals surface area contributed by atoms with Crippen LogP contribution in [0.5, 0.6) is 5.75 Å². The van der Waals surface area contributed by atoms with Crippen molar-refractivity contribution in [1.29, 1.82) is 0 Å². The van der Waals surface area contributed by atoms with Gasteiger partial charge >= 0.3 is 6.61 Å². The second-order valence-electron chi connectivity index (χ2n) is 3.62. The Hall–Kier alpha value is -1.39. The van der Waals surface area contributed by atoms with Crippen LogP contribution in [0, 0.1) is 5.82 Å². The molecule has 100 valence electrons. The summed E-state index contributed by atoms with van der Waals surface area (Å²) in [5.74, 6) is -1.43. The molecular weight excluding hydrogens is 300 g/mol. The molecule has 0 N–H and O–H groups in total. The average molecular weight is 307 g/mol. The van der Waals surface area contributed by atoms with Gasteiger partial charge in [0.05, 0.1) is 5.02 Å². The molecule has 0 atom stereocenters. The second kappa shape index (κ2) is 5.72. The van der Waals surface area contributed by atoms with E-state index >= 15 is 0 Å². The molecule has 0 heterocycles. The van der Waals surface area contributed by atoms with Crippen LogP contribution in [0.4, 0.5) is 13.2 Å². The standard InChI is InChI=1S/C13H7Cl2F3O/c14-7-4-5-8(10(15)6-7)9-2-1-3-11(16)12(9)19-13(17)18/h1-6,13H. The SMILES string of the molecule is Fc1cccc(-c2ccc(Cl)cc2Cl)c1OC(F)F. The topological polar surface area (TPSA) is 9.23 Å². The van der Waals surface area contributed by atoms with Crippen LogP contribution < -0.4 is 4.74 Å². The number of benzene rings is 2. The van der Waals surface area contributed by atoms with E-state index in [1.54, 1.807) is 0 Å². The van der Waals surface area contributed by atoms with Crippen LogP contribution in [0.25, 0.3) is 11.1 Å². The Morgan fingerprint density at radius 2 is 1.74 bits per heavy atom. The summed E-state index contributed by atoms with van der Waals surface area (Å²) < 4.78 is 42.4. The third kappa shape index (κ3) is 3.14. The number of hydrogen-bond donors (Lipinski definition) is 0. The van der Waals surface area contributed by atoms with Crippen LogP contribution in [0.2, 0.25) is 10.0 Å². The van der Waals surface area contributed by atoms with E-state index in [4.69, 9.17) is 23.2 Å². The van der Waals surface area contributed by atoms with Gasteiger partial charge in [0, 0.05) is 16.1 Å². The Morgan fingerprint density at radius 1 is 1.00 bits per heavy atom. The molecule has 0 aliphatic heterocycles. The van der Waals surface area contributed by atoms with Crippen molar-refractivity contribution in [2.45, 2.75) is 6.61 Å². The Bertz CT molecular complexity index is 602. The van der Waals surface area contributed by atoms with Gasteiger partial charge in [0.1, 0.15) is 0 Å². The summed E-state index contributed by atoms with van der Waals surface area (Å²) in [6.07, 6.45) is 0. The van der Waals surface area contributed by atoms with Crippen molar-refractivity contribution in [1.82, 2.24) is 0 Å². The molecule has 2 aromatic carbocycles. The summed E-state index contributed by atoms with van der Waals surface area (Å²) in [5, 5.41) is 0.610. The molecule has 0 spiro atoms. The molecule has 0 amide bonds. The van der Waals surface area contributed by atoms with E-state index in [9.17, 15) is 13.2 Å². The lowest BCUT2D eigenvalue weighted by Crippen LogP contribution is -2.05. The van der Waals surface area contributed by atoms with Crippen molar-refractivity contribution in [3.8, 4) is 16.9 Å². The van der Waals surface area contributed by atoms with Gasteiger partial charge in [-0.3, -0.25) is 0 Å². The molecule has 0 aliphatic carbocycles. The zero-order valence-electron chi connectivity index (χ0n) is 9.34. The third-order valence-electron chi connectivity index (χ3n) is 2.40. The Kier molecular flexibility index (Phi) is 4.22. The highest BCUT2D eigenvalue weighted by molar-refractivity contribution is 6.36. The molecule has 2 aromatic rings. The number of rotatable bonds is 3. The minimum Gasteiger partial charge on any atom is -0.431 e. The number of halogens is 5. The first-order valence-electron chi connectivity index (χ1n) is 5.18. The summed E-state index contributed by atoms with van der Waals surface area (Å²) in [4.78, 5) is 0. The predicted molar refractivity (Wildman–Crippen MR) is 68.5 cm³/mol. The summed E-state index contributed by atoms with van der Waals surface area (Å²) in [6, 6.07) is 8.34. The Morgan fingerprint density at radius 3 is 2.37 bits per heavy atom. The summed E-state index contributed by atoms with van der Waals surface area (Å²) in [6.45, 7) is -3.12. The number of alkyl halides is 2. The lowest BCUT2D eigenvalue weighted by molar-refractivity contribution is -0.0517. The molecule has 1 nitrogen and oxygen atoms in total. The van der Waals surface area contributed by atoms with E-state index in [0.29, 0.717) is 10.6 Å². The third-order valence-corrected chi connectivity index (χ3v) is 2.94. The van der Waals surface area contributed by atoms with Crippen LogP contribution in [0.15, 0.2) is 36.4 Å². The average Bonchev–Trinajstić information content (AvgIpc) is 2.32. The lowest BCUT2D eigenvalue weighted by Gasteiger charge is -2.12. The van der Waals surface area contributed by atoms with E-state index in [1.807, 2.05) is 0 Å². The monoisotopic (exact) mass is 306 g/mol. The second-order valence-corrected chi connectivity index (χ2v) is 4.46. The molecule has 6 heteroatoms. The van der Waals surface area contributed by atoms with E-state index in [2.05, 4.69) is 4.74 Å². The first-order valence-corrected chi connectivity index (χ1v) is 5.93. The van der Waals surface area contributed by atoms with E-state index in [-0.39, 0.29) is 10.6 Å². The predicted octanol–water partition coefficient (Wildman–Crippen LogP) is 5.40. The Labute approximate surface area is 117 Å². The van der Waals surface area contributed by atoms with E-state index in [0.717, 1.165) is 6.07 Å². The smallest absolute Gasteiger partial charge is 0.387 e. The molecule has 19 heavy (non-hydrogen) atoms. The zero-order chi connectivity index (χ0) is 14.0. The van der Waals surface area contributed by atoms with Gasteiger partial charge in [-0.25, -0.2) is 4.39 Å². The largest absolute Gasteiger partial charge is 0.431 e. The van der Waals surface area contributed by atoms with Gasteiger partial charge in [-0.15, -0.1) is 0 Å². The van der Waals surface area contributed by atoms with Gasteiger partial charge in [0.2, 0.25) is 0 Å². The molecule has 0 unspecified atom stereocenters. The van der Waals surface area contributed by atoms with Gasteiger partial charge in [-0.2, -0.15) is 8.78 Å². The first-order chi connectivity index (χ1) is 8.99. The molecule has 0 aliphatic rings. The molecule has 0 radical (unpaired) electrons. The van der Waals surface area contributed by atoms with Crippen molar-refractivity contribution in [2.75, 3.05) is 0 Å². The molecule has 0 aromatic heterocycles.